The van der Waals surface area contributed by atoms with E-state index in [1.807, 2.05) is 17.0 Å². The highest BCUT2D eigenvalue weighted by molar-refractivity contribution is 5.94. The zero-order chi connectivity index (χ0) is 20.1. The number of hydrogen-bond acceptors (Lipinski definition) is 2. The van der Waals surface area contributed by atoms with Gasteiger partial charge in [0, 0.05) is 38.2 Å². The maximum atomic E-state index is 12.5. The average molecular weight is 397 g/mol. The zero-order valence-corrected chi connectivity index (χ0v) is 17.8. The summed E-state index contributed by atoms with van der Waals surface area (Å²) in [5, 5.41) is 0. The fourth-order valence-corrected chi connectivity index (χ4v) is 5.39. The van der Waals surface area contributed by atoms with Crippen molar-refractivity contribution in [3.63, 3.8) is 0 Å². The highest BCUT2D eigenvalue weighted by Crippen LogP contribution is 2.29. The molecule has 29 heavy (non-hydrogen) atoms. The van der Waals surface area contributed by atoms with Gasteiger partial charge in [-0.25, -0.2) is 0 Å². The van der Waals surface area contributed by atoms with Gasteiger partial charge in [-0.2, -0.15) is 0 Å². The van der Waals surface area contributed by atoms with Gasteiger partial charge in [0.1, 0.15) is 0 Å². The van der Waals surface area contributed by atoms with Crippen LogP contribution in [0.4, 0.5) is 0 Å². The summed E-state index contributed by atoms with van der Waals surface area (Å²) in [4.78, 5) is 29.1. The lowest BCUT2D eigenvalue weighted by molar-refractivity contribution is -0.132. The molecule has 0 unspecified atom stereocenters. The molecular formula is C25H36N2O2. The van der Waals surface area contributed by atoms with E-state index in [4.69, 9.17) is 0 Å². The molecule has 2 saturated heterocycles. The molecule has 0 N–H and O–H groups in total. The molecule has 0 radical (unpaired) electrons. The Bertz CT molecular complexity index is 679. The number of nitrogens with zero attached hydrogens (tertiary/aromatic N) is 2. The summed E-state index contributed by atoms with van der Waals surface area (Å²) >= 11 is 0. The molecule has 1 saturated carbocycles. The number of rotatable bonds is 6. The number of amides is 2. The van der Waals surface area contributed by atoms with Gasteiger partial charge in [0.25, 0.3) is 5.91 Å². The van der Waals surface area contributed by atoms with Gasteiger partial charge in [-0.05, 0) is 68.1 Å². The standard InChI is InChI=1S/C25H36N2O2/c28-24(12-9-20-5-1-2-6-20)26-17-13-22(14-18-26)19-21-7-10-23(11-8-21)25(29)27-15-3-4-16-27/h7-8,10-11,20,22H,1-6,9,12-19H2. The lowest BCUT2D eigenvalue weighted by atomic mass is 9.89. The van der Waals surface area contributed by atoms with Crippen LogP contribution in [-0.4, -0.2) is 47.8 Å². The van der Waals surface area contributed by atoms with Crippen LogP contribution in [0.1, 0.15) is 80.1 Å². The summed E-state index contributed by atoms with van der Waals surface area (Å²) < 4.78 is 0. The molecule has 158 valence electrons. The molecule has 1 aliphatic carbocycles. The molecule has 4 nitrogen and oxygen atoms in total. The van der Waals surface area contributed by atoms with Crippen molar-refractivity contribution in [2.75, 3.05) is 26.2 Å². The van der Waals surface area contributed by atoms with Crippen molar-refractivity contribution in [2.45, 2.75) is 70.6 Å². The summed E-state index contributed by atoms with van der Waals surface area (Å²) in [6.07, 6.45) is 12.8. The molecule has 0 atom stereocenters. The van der Waals surface area contributed by atoms with Gasteiger partial charge in [0.15, 0.2) is 0 Å². The number of hydrogen-bond donors (Lipinski definition) is 0. The third kappa shape index (κ3) is 5.40. The van der Waals surface area contributed by atoms with Gasteiger partial charge in [-0.15, -0.1) is 0 Å². The Morgan fingerprint density at radius 2 is 1.41 bits per heavy atom. The highest BCUT2D eigenvalue weighted by Gasteiger charge is 2.24. The van der Waals surface area contributed by atoms with E-state index in [1.165, 1.54) is 31.2 Å². The Balaban J connectivity index is 1.20. The smallest absolute Gasteiger partial charge is 0.253 e. The Labute approximate surface area is 175 Å². The Kier molecular flexibility index (Phi) is 6.89. The number of benzene rings is 1. The van der Waals surface area contributed by atoms with Gasteiger partial charge in [0.2, 0.25) is 5.91 Å². The van der Waals surface area contributed by atoms with Crippen LogP contribution in [0, 0.1) is 11.8 Å². The van der Waals surface area contributed by atoms with Crippen molar-refractivity contribution >= 4 is 11.8 Å². The van der Waals surface area contributed by atoms with Crippen LogP contribution in [0.3, 0.4) is 0 Å². The van der Waals surface area contributed by atoms with Crippen molar-refractivity contribution in [3.8, 4) is 0 Å². The molecule has 4 rings (SSSR count). The summed E-state index contributed by atoms with van der Waals surface area (Å²) in [5.74, 6) is 2.00. The quantitative estimate of drug-likeness (QED) is 0.701. The molecule has 3 fully saturated rings. The molecule has 3 aliphatic rings. The minimum Gasteiger partial charge on any atom is -0.343 e. The second-order valence-corrected chi connectivity index (χ2v) is 9.41. The predicted molar refractivity (Wildman–Crippen MR) is 116 cm³/mol. The maximum Gasteiger partial charge on any atom is 0.253 e. The van der Waals surface area contributed by atoms with E-state index < -0.39 is 0 Å². The van der Waals surface area contributed by atoms with E-state index >= 15 is 0 Å². The first-order valence-electron chi connectivity index (χ1n) is 11.8. The monoisotopic (exact) mass is 396 g/mol. The van der Waals surface area contributed by atoms with Crippen molar-refractivity contribution < 1.29 is 9.59 Å². The molecule has 1 aromatic carbocycles. The van der Waals surface area contributed by atoms with E-state index in [-0.39, 0.29) is 5.91 Å². The van der Waals surface area contributed by atoms with E-state index in [1.54, 1.807) is 0 Å². The van der Waals surface area contributed by atoms with Gasteiger partial charge in [0.05, 0.1) is 0 Å². The molecule has 2 aliphatic heterocycles. The minimum absolute atomic E-state index is 0.179. The fraction of sp³-hybridized carbons (Fsp3) is 0.680. The molecule has 0 aromatic heterocycles. The number of likely N-dealkylation sites (tertiary alicyclic amines) is 2. The molecule has 0 spiro atoms. The summed E-state index contributed by atoms with van der Waals surface area (Å²) in [6, 6.07) is 8.25. The number of piperidine rings is 1. The first-order chi connectivity index (χ1) is 14.2. The summed E-state index contributed by atoms with van der Waals surface area (Å²) in [7, 11) is 0. The number of carbonyl (C=O) groups excluding carboxylic acids is 2. The Morgan fingerprint density at radius 1 is 0.759 bits per heavy atom. The van der Waals surface area contributed by atoms with Crippen LogP contribution in [-0.2, 0) is 11.2 Å². The molecule has 2 heterocycles. The van der Waals surface area contributed by atoms with E-state index in [0.29, 0.717) is 11.8 Å². The fourth-order valence-electron chi connectivity index (χ4n) is 5.39. The van der Waals surface area contributed by atoms with Crippen molar-refractivity contribution in [2.24, 2.45) is 11.8 Å². The molecule has 4 heteroatoms. The van der Waals surface area contributed by atoms with Crippen molar-refractivity contribution in [1.29, 1.82) is 0 Å². The second-order valence-electron chi connectivity index (χ2n) is 9.41. The van der Waals surface area contributed by atoms with Crippen LogP contribution in [0.2, 0.25) is 0 Å². The minimum atomic E-state index is 0.179. The molecular weight excluding hydrogens is 360 g/mol. The van der Waals surface area contributed by atoms with Gasteiger partial charge in [-0.1, -0.05) is 37.8 Å². The normalized spacial score (nSPS) is 21.1. The lowest BCUT2D eigenvalue weighted by Gasteiger charge is -2.32. The first-order valence-corrected chi connectivity index (χ1v) is 11.8. The summed E-state index contributed by atoms with van der Waals surface area (Å²) in [6.45, 7) is 3.64. The molecule has 2 amide bonds. The van der Waals surface area contributed by atoms with E-state index in [9.17, 15) is 9.59 Å². The second kappa shape index (κ2) is 9.77. The topological polar surface area (TPSA) is 40.6 Å². The summed E-state index contributed by atoms with van der Waals surface area (Å²) in [5.41, 5.74) is 2.13. The number of carbonyl (C=O) groups is 2. The maximum absolute atomic E-state index is 12.5. The van der Waals surface area contributed by atoms with Crippen molar-refractivity contribution in [1.82, 2.24) is 9.80 Å². The van der Waals surface area contributed by atoms with Crippen LogP contribution < -0.4 is 0 Å². The predicted octanol–water partition coefficient (Wildman–Crippen LogP) is 4.67. The molecule has 0 bridgehead atoms. The SMILES string of the molecule is O=C(CCC1CCCC1)N1CCC(Cc2ccc(C(=O)N3CCCC3)cc2)CC1. The first kappa shape index (κ1) is 20.4. The van der Waals surface area contributed by atoms with E-state index in [0.717, 1.165) is 82.6 Å². The van der Waals surface area contributed by atoms with E-state index in [2.05, 4.69) is 17.0 Å². The lowest BCUT2D eigenvalue weighted by Crippen LogP contribution is -2.38. The van der Waals surface area contributed by atoms with Gasteiger partial charge >= 0.3 is 0 Å². The molecule has 1 aromatic rings. The van der Waals surface area contributed by atoms with Gasteiger partial charge < -0.3 is 9.80 Å². The van der Waals surface area contributed by atoms with Crippen LogP contribution in [0.25, 0.3) is 0 Å². The van der Waals surface area contributed by atoms with Crippen LogP contribution >= 0.6 is 0 Å². The zero-order valence-electron chi connectivity index (χ0n) is 17.8. The van der Waals surface area contributed by atoms with Crippen LogP contribution in [0.15, 0.2) is 24.3 Å². The Morgan fingerprint density at radius 3 is 2.07 bits per heavy atom. The third-order valence-corrected chi connectivity index (χ3v) is 7.33. The third-order valence-electron chi connectivity index (χ3n) is 7.33. The van der Waals surface area contributed by atoms with Gasteiger partial charge in [-0.3, -0.25) is 9.59 Å². The van der Waals surface area contributed by atoms with Crippen LogP contribution in [0.5, 0.6) is 0 Å². The Hall–Kier alpha value is -1.84. The highest BCUT2D eigenvalue weighted by atomic mass is 16.2. The average Bonchev–Trinajstić information content (AvgIpc) is 3.47. The van der Waals surface area contributed by atoms with Crippen molar-refractivity contribution in [3.05, 3.63) is 35.4 Å². The largest absolute Gasteiger partial charge is 0.343 e.